The molecule has 1 amide bonds. The molecule has 2 N–H and O–H groups in total. The van der Waals surface area contributed by atoms with Gasteiger partial charge >= 0.3 is 18.1 Å². The smallest absolute Gasteiger partial charge is 0.385 e. The fourth-order valence-electron chi connectivity index (χ4n) is 3.48. The van der Waals surface area contributed by atoms with Crippen LogP contribution in [0.4, 0.5) is 28.4 Å². The van der Waals surface area contributed by atoms with E-state index in [4.69, 9.17) is 0 Å². The molecule has 0 bridgehead atoms. The Balaban J connectivity index is 1.43. The van der Waals surface area contributed by atoms with Crippen LogP contribution in [0.25, 0.3) is 21.5 Å². The van der Waals surface area contributed by atoms with E-state index < -0.39 is 41.8 Å². The van der Waals surface area contributed by atoms with E-state index >= 15 is 0 Å². The molecular formula is C26H20F4N4O4S. The van der Waals surface area contributed by atoms with Crippen molar-refractivity contribution in [1.82, 2.24) is 15.3 Å². The predicted molar refractivity (Wildman–Crippen MR) is 136 cm³/mol. The number of aromatic nitrogens is 2. The molecular weight excluding hydrogens is 540 g/mol. The lowest BCUT2D eigenvalue weighted by Crippen LogP contribution is -2.47. The van der Waals surface area contributed by atoms with Crippen molar-refractivity contribution in [3.63, 3.8) is 0 Å². The number of halogens is 4. The lowest BCUT2D eigenvalue weighted by Gasteiger charge is -2.20. The molecule has 0 fully saturated rings. The van der Waals surface area contributed by atoms with E-state index in [1.807, 2.05) is 6.07 Å². The maximum Gasteiger partial charge on any atom is 0.491 e. The molecule has 0 aliphatic carbocycles. The first-order valence-electron chi connectivity index (χ1n) is 11.4. The highest BCUT2D eigenvalue weighted by molar-refractivity contribution is 7.22. The van der Waals surface area contributed by atoms with Crippen LogP contribution in [0.15, 0.2) is 60.8 Å². The average Bonchev–Trinajstić information content (AvgIpc) is 3.30. The van der Waals surface area contributed by atoms with Crippen LogP contribution in [0, 0.1) is 11.7 Å². The molecule has 0 unspecified atom stereocenters. The minimum Gasteiger partial charge on any atom is -0.385 e. The molecule has 8 nitrogen and oxygen atoms in total. The van der Waals surface area contributed by atoms with Gasteiger partial charge in [0.15, 0.2) is 10.8 Å². The Morgan fingerprint density at radius 2 is 1.69 bits per heavy atom. The number of carbonyl (C=O) groups is 3. The number of hydrogen-bond donors (Lipinski definition) is 2. The quantitative estimate of drug-likeness (QED) is 0.171. The molecule has 1 atom stereocenters. The van der Waals surface area contributed by atoms with Crippen LogP contribution in [-0.2, 0) is 14.3 Å². The van der Waals surface area contributed by atoms with Gasteiger partial charge in [-0.05, 0) is 53.4 Å². The molecule has 4 aromatic rings. The molecule has 0 saturated heterocycles. The summed E-state index contributed by atoms with van der Waals surface area (Å²) in [6.07, 6.45) is -3.73. The SMILES string of the molecule is CC(C)[C@H](NC(=O)c1ccc(-c2ccc(Nc3nc4ncccc4s3)c(F)c2)cc1)C(=O)OC(=O)C(F)(F)F. The largest absolute Gasteiger partial charge is 0.491 e. The summed E-state index contributed by atoms with van der Waals surface area (Å²) in [5, 5.41) is 5.71. The first kappa shape index (κ1) is 27.6. The van der Waals surface area contributed by atoms with E-state index in [2.05, 4.69) is 25.3 Å². The molecule has 4 rings (SSSR count). The summed E-state index contributed by atoms with van der Waals surface area (Å²) in [5.41, 5.74) is 1.95. The molecule has 202 valence electrons. The van der Waals surface area contributed by atoms with Crippen molar-refractivity contribution in [2.75, 3.05) is 5.32 Å². The fraction of sp³-hybridized carbons (Fsp3) is 0.192. The van der Waals surface area contributed by atoms with Gasteiger partial charge in [-0.3, -0.25) is 4.79 Å². The summed E-state index contributed by atoms with van der Waals surface area (Å²) in [5.74, 6) is -6.16. The third-order valence-corrected chi connectivity index (χ3v) is 6.41. The number of nitrogens with one attached hydrogen (secondary N) is 2. The zero-order valence-corrected chi connectivity index (χ0v) is 21.2. The highest BCUT2D eigenvalue weighted by Gasteiger charge is 2.44. The van der Waals surface area contributed by atoms with Gasteiger partial charge in [0.25, 0.3) is 5.91 Å². The van der Waals surface area contributed by atoms with Gasteiger partial charge in [-0.2, -0.15) is 18.2 Å². The normalized spacial score (nSPS) is 12.3. The van der Waals surface area contributed by atoms with E-state index in [-0.39, 0.29) is 11.3 Å². The number of amides is 1. The number of hydrogen-bond acceptors (Lipinski definition) is 8. The number of anilines is 2. The van der Waals surface area contributed by atoms with Gasteiger partial charge in [0.1, 0.15) is 11.9 Å². The minimum atomic E-state index is -5.35. The Kier molecular flexibility index (Phi) is 7.90. The van der Waals surface area contributed by atoms with Gasteiger partial charge in [0, 0.05) is 11.8 Å². The standard InChI is InChI=1S/C26H20F4N4O4S/c1-13(2)20(23(36)38-24(37)26(28,29)30)33-22(35)15-7-5-14(6-8-15)16-9-10-18(17(27)12-16)32-25-34-21-19(39-25)4-3-11-31-21/h3-13,20H,1-2H3,(H,33,35)(H,31,32,34)/t20-/m0/s1. The van der Waals surface area contributed by atoms with Crippen molar-refractivity contribution in [2.24, 2.45) is 5.92 Å². The molecule has 0 aliphatic heterocycles. The summed E-state index contributed by atoms with van der Waals surface area (Å²) in [6.45, 7) is 2.93. The van der Waals surface area contributed by atoms with Crippen LogP contribution in [0.1, 0.15) is 24.2 Å². The van der Waals surface area contributed by atoms with E-state index in [9.17, 15) is 31.9 Å². The third-order valence-electron chi connectivity index (χ3n) is 5.49. The lowest BCUT2D eigenvalue weighted by molar-refractivity contribution is -0.202. The Bertz CT molecular complexity index is 1500. The Labute approximate surface area is 223 Å². The Morgan fingerprint density at radius 3 is 2.31 bits per heavy atom. The Hall–Kier alpha value is -4.39. The summed E-state index contributed by atoms with van der Waals surface area (Å²) in [6, 6.07) is 12.6. The molecule has 0 aliphatic rings. The molecule has 0 spiro atoms. The van der Waals surface area contributed by atoms with Crippen molar-refractivity contribution < 1.29 is 36.7 Å². The topological polar surface area (TPSA) is 110 Å². The number of fused-ring (bicyclic) bond motifs is 1. The minimum absolute atomic E-state index is 0.0857. The summed E-state index contributed by atoms with van der Waals surface area (Å²) < 4.78 is 56.8. The number of carbonyl (C=O) groups excluding carboxylic acids is 3. The van der Waals surface area contributed by atoms with Crippen molar-refractivity contribution in [1.29, 1.82) is 0 Å². The highest BCUT2D eigenvalue weighted by atomic mass is 32.1. The van der Waals surface area contributed by atoms with Crippen LogP contribution in [0.2, 0.25) is 0 Å². The van der Waals surface area contributed by atoms with Gasteiger partial charge < -0.3 is 15.4 Å². The van der Waals surface area contributed by atoms with Gasteiger partial charge in [-0.1, -0.05) is 43.4 Å². The van der Waals surface area contributed by atoms with E-state index in [1.54, 1.807) is 36.5 Å². The number of rotatable bonds is 7. The lowest BCUT2D eigenvalue weighted by atomic mass is 10.0. The monoisotopic (exact) mass is 560 g/mol. The zero-order valence-electron chi connectivity index (χ0n) is 20.4. The highest BCUT2D eigenvalue weighted by Crippen LogP contribution is 2.30. The van der Waals surface area contributed by atoms with E-state index in [0.29, 0.717) is 21.9 Å². The Morgan fingerprint density at radius 1 is 1.00 bits per heavy atom. The number of ether oxygens (including phenoxy) is 1. The molecule has 0 radical (unpaired) electrons. The van der Waals surface area contributed by atoms with E-state index in [1.165, 1.54) is 43.4 Å². The number of alkyl halides is 3. The van der Waals surface area contributed by atoms with Crippen molar-refractivity contribution >= 4 is 50.3 Å². The van der Waals surface area contributed by atoms with E-state index in [0.717, 1.165) is 4.70 Å². The van der Waals surface area contributed by atoms with Crippen molar-refractivity contribution in [3.8, 4) is 11.1 Å². The van der Waals surface area contributed by atoms with Crippen LogP contribution in [0.3, 0.4) is 0 Å². The fourth-order valence-corrected chi connectivity index (χ4v) is 4.32. The number of thiazole rings is 1. The first-order chi connectivity index (χ1) is 18.4. The van der Waals surface area contributed by atoms with Crippen LogP contribution < -0.4 is 10.6 Å². The molecule has 2 aromatic carbocycles. The number of pyridine rings is 1. The summed E-state index contributed by atoms with van der Waals surface area (Å²) >= 11 is 1.33. The van der Waals surface area contributed by atoms with Gasteiger partial charge in [0.2, 0.25) is 0 Å². The predicted octanol–water partition coefficient (Wildman–Crippen LogP) is 5.63. The number of nitrogens with zero attached hydrogens (tertiary/aromatic N) is 2. The second kappa shape index (κ2) is 11.2. The molecule has 13 heteroatoms. The van der Waals surface area contributed by atoms with Gasteiger partial charge in [0.05, 0.1) is 10.4 Å². The van der Waals surface area contributed by atoms with Crippen LogP contribution >= 0.6 is 11.3 Å². The van der Waals surface area contributed by atoms with Crippen LogP contribution in [-0.4, -0.2) is 40.0 Å². The average molecular weight is 561 g/mol. The molecule has 2 aromatic heterocycles. The number of esters is 2. The third kappa shape index (κ3) is 6.55. The molecule has 0 saturated carbocycles. The second-order valence-electron chi connectivity index (χ2n) is 8.64. The van der Waals surface area contributed by atoms with Crippen LogP contribution in [0.5, 0.6) is 0 Å². The maximum absolute atomic E-state index is 14.8. The second-order valence-corrected chi connectivity index (χ2v) is 9.67. The summed E-state index contributed by atoms with van der Waals surface area (Å²) in [7, 11) is 0. The number of benzene rings is 2. The van der Waals surface area contributed by atoms with Gasteiger partial charge in [-0.25, -0.2) is 19.0 Å². The zero-order chi connectivity index (χ0) is 28.3. The maximum atomic E-state index is 14.8. The van der Waals surface area contributed by atoms with Gasteiger partial charge in [-0.15, -0.1) is 0 Å². The summed E-state index contributed by atoms with van der Waals surface area (Å²) in [4.78, 5) is 44.1. The van der Waals surface area contributed by atoms with Crippen molar-refractivity contribution in [3.05, 3.63) is 72.2 Å². The first-order valence-corrected chi connectivity index (χ1v) is 12.3. The molecule has 39 heavy (non-hydrogen) atoms. The molecule has 2 heterocycles. The van der Waals surface area contributed by atoms with Crippen molar-refractivity contribution in [2.45, 2.75) is 26.1 Å².